The summed E-state index contributed by atoms with van der Waals surface area (Å²) in [6.45, 7) is 5.67. The number of nitrogens with zero attached hydrogens (tertiary/aromatic N) is 2. The van der Waals surface area contributed by atoms with Crippen molar-refractivity contribution >= 4 is 5.69 Å². The van der Waals surface area contributed by atoms with Crippen molar-refractivity contribution in [1.29, 1.82) is 0 Å². The van der Waals surface area contributed by atoms with Gasteiger partial charge in [-0.05, 0) is 19.1 Å². The zero-order valence-electron chi connectivity index (χ0n) is 7.40. The van der Waals surface area contributed by atoms with Crippen LogP contribution in [0.2, 0.25) is 0 Å². The summed E-state index contributed by atoms with van der Waals surface area (Å²) in [6.07, 6.45) is 0. The fourth-order valence-corrected chi connectivity index (χ4v) is 1.43. The maximum atomic E-state index is 2.34. The van der Waals surface area contributed by atoms with Crippen molar-refractivity contribution < 1.29 is 0 Å². The van der Waals surface area contributed by atoms with Gasteiger partial charge < -0.3 is 5.01 Å². The molecule has 2 nitrogen and oxygen atoms in total. The van der Waals surface area contributed by atoms with Crippen LogP contribution >= 0.6 is 0 Å². The van der Waals surface area contributed by atoms with Gasteiger partial charge in [-0.2, -0.15) is 0 Å². The van der Waals surface area contributed by atoms with E-state index in [9.17, 15) is 0 Å². The van der Waals surface area contributed by atoms with Crippen molar-refractivity contribution in [1.82, 2.24) is 5.01 Å². The van der Waals surface area contributed by atoms with Crippen LogP contribution in [0.3, 0.4) is 0 Å². The highest BCUT2D eigenvalue weighted by Crippen LogP contribution is 2.19. The molecule has 0 aromatic heterocycles. The lowest BCUT2D eigenvalue weighted by molar-refractivity contribution is 0.511. The summed E-state index contributed by atoms with van der Waals surface area (Å²) in [6, 6.07) is 10.5. The molecule has 0 saturated carbocycles. The van der Waals surface area contributed by atoms with Crippen LogP contribution in [0.5, 0.6) is 0 Å². The summed E-state index contributed by atoms with van der Waals surface area (Å²) in [4.78, 5) is 0. The molecule has 0 atom stereocenters. The summed E-state index contributed by atoms with van der Waals surface area (Å²) < 4.78 is 0. The average Bonchev–Trinajstić information content (AvgIpc) is 2.92. The number of rotatable bonds is 3. The van der Waals surface area contributed by atoms with Gasteiger partial charge >= 0.3 is 0 Å². The monoisotopic (exact) mass is 162 g/mol. The van der Waals surface area contributed by atoms with Crippen molar-refractivity contribution in [3.63, 3.8) is 0 Å². The third kappa shape index (κ3) is 1.43. The predicted molar refractivity (Wildman–Crippen MR) is 51.0 cm³/mol. The summed E-state index contributed by atoms with van der Waals surface area (Å²) in [5.74, 6) is 0. The molecular formula is C10H14N2. The van der Waals surface area contributed by atoms with Gasteiger partial charge in [0.1, 0.15) is 0 Å². The van der Waals surface area contributed by atoms with Crippen LogP contribution in [0.15, 0.2) is 30.3 Å². The van der Waals surface area contributed by atoms with E-state index in [1.807, 2.05) is 0 Å². The Bertz CT molecular complexity index is 241. The van der Waals surface area contributed by atoms with Crippen LogP contribution in [0.25, 0.3) is 0 Å². The molecule has 0 unspecified atom stereocenters. The number of hydrogen-bond acceptors (Lipinski definition) is 2. The molecule has 0 amide bonds. The molecule has 64 valence electrons. The summed E-state index contributed by atoms with van der Waals surface area (Å²) >= 11 is 0. The molecule has 1 aliphatic rings. The predicted octanol–water partition coefficient (Wildman–Crippen LogP) is 1.74. The van der Waals surface area contributed by atoms with Crippen molar-refractivity contribution in [2.24, 2.45) is 0 Å². The zero-order chi connectivity index (χ0) is 8.39. The lowest BCUT2D eigenvalue weighted by atomic mass is 10.3. The molecule has 1 fully saturated rings. The molecular weight excluding hydrogens is 148 g/mol. The minimum atomic E-state index is 1.06. The van der Waals surface area contributed by atoms with E-state index in [0.717, 1.165) is 6.54 Å². The second kappa shape index (κ2) is 3.15. The number of hydrazine groups is 1. The maximum Gasteiger partial charge on any atom is 0.0522 e. The third-order valence-electron chi connectivity index (χ3n) is 2.12. The van der Waals surface area contributed by atoms with E-state index in [4.69, 9.17) is 0 Å². The molecule has 0 N–H and O–H groups in total. The molecule has 1 aliphatic heterocycles. The quantitative estimate of drug-likeness (QED) is 0.624. The molecule has 2 rings (SSSR count). The Morgan fingerprint density at radius 1 is 1.25 bits per heavy atom. The lowest BCUT2D eigenvalue weighted by Crippen LogP contribution is -2.28. The average molecular weight is 162 g/mol. The number of anilines is 1. The molecule has 0 aliphatic carbocycles. The van der Waals surface area contributed by atoms with Crippen molar-refractivity contribution in [3.8, 4) is 0 Å². The SMILES string of the molecule is CCN(c1ccccc1)N1CC1. The summed E-state index contributed by atoms with van der Waals surface area (Å²) in [7, 11) is 0. The Kier molecular flexibility index (Phi) is 2.00. The molecule has 1 saturated heterocycles. The normalized spacial score (nSPS) is 16.1. The van der Waals surface area contributed by atoms with E-state index in [2.05, 4.69) is 47.3 Å². The van der Waals surface area contributed by atoms with Crippen molar-refractivity contribution in [2.45, 2.75) is 6.92 Å². The molecule has 1 heterocycles. The highest BCUT2D eigenvalue weighted by atomic mass is 15.7. The smallest absolute Gasteiger partial charge is 0.0522 e. The fraction of sp³-hybridized carbons (Fsp3) is 0.400. The highest BCUT2D eigenvalue weighted by Gasteiger charge is 2.23. The molecule has 2 heteroatoms. The molecule has 0 bridgehead atoms. The Morgan fingerprint density at radius 3 is 2.42 bits per heavy atom. The van der Waals surface area contributed by atoms with Crippen LogP contribution in [-0.4, -0.2) is 24.6 Å². The van der Waals surface area contributed by atoms with E-state index in [1.54, 1.807) is 0 Å². The molecule has 1 aromatic rings. The summed E-state index contributed by atoms with van der Waals surface area (Å²) in [5, 5.41) is 4.66. The molecule has 0 radical (unpaired) electrons. The molecule has 12 heavy (non-hydrogen) atoms. The first-order valence-electron chi connectivity index (χ1n) is 4.49. The second-order valence-corrected chi connectivity index (χ2v) is 3.00. The van der Waals surface area contributed by atoms with Crippen LogP contribution in [0.4, 0.5) is 5.69 Å². The standard InChI is InChI=1S/C10H14N2/c1-2-12(11-8-9-11)10-6-4-3-5-7-10/h3-7H,2,8-9H2,1H3. The first-order chi connectivity index (χ1) is 5.92. The van der Waals surface area contributed by atoms with Gasteiger partial charge in [-0.15, -0.1) is 0 Å². The van der Waals surface area contributed by atoms with E-state index >= 15 is 0 Å². The van der Waals surface area contributed by atoms with Crippen LogP contribution in [0.1, 0.15) is 6.92 Å². The lowest BCUT2D eigenvalue weighted by Gasteiger charge is -2.23. The van der Waals surface area contributed by atoms with E-state index in [1.165, 1.54) is 18.8 Å². The van der Waals surface area contributed by atoms with Crippen molar-refractivity contribution in [2.75, 3.05) is 24.6 Å². The highest BCUT2D eigenvalue weighted by molar-refractivity contribution is 5.45. The van der Waals surface area contributed by atoms with Gasteiger partial charge in [0, 0.05) is 19.6 Å². The topological polar surface area (TPSA) is 6.25 Å². The van der Waals surface area contributed by atoms with Gasteiger partial charge in [-0.3, -0.25) is 0 Å². The van der Waals surface area contributed by atoms with Crippen LogP contribution < -0.4 is 5.01 Å². The second-order valence-electron chi connectivity index (χ2n) is 3.00. The molecule has 0 spiro atoms. The third-order valence-corrected chi connectivity index (χ3v) is 2.12. The van der Waals surface area contributed by atoms with Gasteiger partial charge in [0.05, 0.1) is 5.69 Å². The minimum absolute atomic E-state index is 1.06. The first kappa shape index (κ1) is 7.62. The maximum absolute atomic E-state index is 2.34. The first-order valence-corrected chi connectivity index (χ1v) is 4.49. The Morgan fingerprint density at radius 2 is 1.92 bits per heavy atom. The number of benzene rings is 1. The number of hydrogen-bond donors (Lipinski definition) is 0. The minimum Gasteiger partial charge on any atom is -0.306 e. The van der Waals surface area contributed by atoms with Crippen LogP contribution in [0, 0.1) is 0 Å². The van der Waals surface area contributed by atoms with E-state index in [-0.39, 0.29) is 0 Å². The Balaban J connectivity index is 2.15. The van der Waals surface area contributed by atoms with Gasteiger partial charge in [-0.1, -0.05) is 18.2 Å². The summed E-state index contributed by atoms with van der Waals surface area (Å²) in [5.41, 5.74) is 1.30. The zero-order valence-corrected chi connectivity index (χ0v) is 7.40. The van der Waals surface area contributed by atoms with E-state index in [0.29, 0.717) is 0 Å². The van der Waals surface area contributed by atoms with Gasteiger partial charge in [-0.25, -0.2) is 5.01 Å². The Hall–Kier alpha value is -1.02. The largest absolute Gasteiger partial charge is 0.306 e. The van der Waals surface area contributed by atoms with Gasteiger partial charge in [0.15, 0.2) is 0 Å². The number of para-hydroxylation sites is 1. The Labute approximate surface area is 73.4 Å². The van der Waals surface area contributed by atoms with Crippen LogP contribution in [-0.2, 0) is 0 Å². The van der Waals surface area contributed by atoms with Gasteiger partial charge in [0.25, 0.3) is 0 Å². The fourth-order valence-electron chi connectivity index (χ4n) is 1.43. The van der Waals surface area contributed by atoms with Gasteiger partial charge in [0.2, 0.25) is 0 Å². The van der Waals surface area contributed by atoms with E-state index < -0.39 is 0 Å². The van der Waals surface area contributed by atoms with Crippen molar-refractivity contribution in [3.05, 3.63) is 30.3 Å². The molecule has 1 aromatic carbocycles.